The second-order valence-corrected chi connectivity index (χ2v) is 5.71. The lowest BCUT2D eigenvalue weighted by molar-refractivity contribution is -0.384. The first-order valence-electron chi connectivity index (χ1n) is 6.57. The fourth-order valence-corrected chi connectivity index (χ4v) is 1.89. The molecule has 1 amide bonds. The summed E-state index contributed by atoms with van der Waals surface area (Å²) in [7, 11) is 1.57. The van der Waals surface area contributed by atoms with Gasteiger partial charge in [0, 0.05) is 30.7 Å². The number of nitrogens with zero attached hydrogens (tertiary/aromatic N) is 2. The van der Waals surface area contributed by atoms with Gasteiger partial charge in [-0.25, -0.2) is 0 Å². The quantitative estimate of drug-likeness (QED) is 0.646. The summed E-state index contributed by atoms with van der Waals surface area (Å²) < 4.78 is 0. The number of halogens is 1. The number of hydrogen-bond donors (Lipinski definition) is 1. The van der Waals surface area contributed by atoms with Crippen molar-refractivity contribution in [2.24, 2.45) is 5.92 Å². The first-order chi connectivity index (χ1) is 9.72. The Bertz CT molecular complexity index is 534. The number of hydrogen-bond acceptors (Lipinski definition) is 4. The van der Waals surface area contributed by atoms with Crippen molar-refractivity contribution in [3.63, 3.8) is 0 Å². The summed E-state index contributed by atoms with van der Waals surface area (Å²) in [5, 5.41) is 20.8. The fourth-order valence-electron chi connectivity index (χ4n) is 1.71. The van der Waals surface area contributed by atoms with Crippen LogP contribution in [-0.4, -0.2) is 34.0 Å². The van der Waals surface area contributed by atoms with Gasteiger partial charge in [0.15, 0.2) is 0 Å². The number of aliphatic hydroxyl groups excluding tert-OH is 1. The van der Waals surface area contributed by atoms with Gasteiger partial charge in [0.25, 0.3) is 5.69 Å². The molecule has 0 heterocycles. The zero-order chi connectivity index (χ0) is 16.2. The van der Waals surface area contributed by atoms with Gasteiger partial charge in [0.05, 0.1) is 17.4 Å². The minimum Gasteiger partial charge on any atom is -0.392 e. The minimum absolute atomic E-state index is 0.0104. The van der Waals surface area contributed by atoms with Gasteiger partial charge in [-0.3, -0.25) is 14.9 Å². The molecule has 1 aromatic rings. The number of benzene rings is 1. The average molecular weight is 315 g/mol. The molecular formula is C14H19ClN2O4. The summed E-state index contributed by atoms with van der Waals surface area (Å²) in [6, 6.07) is 4.11. The van der Waals surface area contributed by atoms with Crippen LogP contribution >= 0.6 is 11.6 Å². The van der Waals surface area contributed by atoms with Gasteiger partial charge >= 0.3 is 0 Å². The van der Waals surface area contributed by atoms with Crippen molar-refractivity contribution in [1.29, 1.82) is 0 Å². The molecule has 7 heteroatoms. The molecule has 0 radical (unpaired) electrons. The third-order valence-electron chi connectivity index (χ3n) is 3.23. The van der Waals surface area contributed by atoms with E-state index >= 15 is 0 Å². The maximum absolute atomic E-state index is 12.0. The lowest BCUT2D eigenvalue weighted by Crippen LogP contribution is -2.31. The Kier molecular flexibility index (Phi) is 6.11. The van der Waals surface area contributed by atoms with Crippen molar-refractivity contribution in [2.45, 2.75) is 32.9 Å². The van der Waals surface area contributed by atoms with E-state index < -0.39 is 11.0 Å². The zero-order valence-corrected chi connectivity index (χ0v) is 13.0. The predicted molar refractivity (Wildman–Crippen MR) is 80.0 cm³/mol. The summed E-state index contributed by atoms with van der Waals surface area (Å²) in [5.74, 6) is -0.248. The van der Waals surface area contributed by atoms with E-state index in [1.165, 1.54) is 23.1 Å². The van der Waals surface area contributed by atoms with Crippen LogP contribution in [0.5, 0.6) is 0 Å². The third kappa shape index (κ3) is 4.99. The maximum atomic E-state index is 12.0. The van der Waals surface area contributed by atoms with Crippen LogP contribution in [0.1, 0.15) is 25.8 Å². The topological polar surface area (TPSA) is 83.7 Å². The van der Waals surface area contributed by atoms with Crippen molar-refractivity contribution in [3.05, 3.63) is 38.9 Å². The lowest BCUT2D eigenvalue weighted by atomic mass is 10.0. The highest BCUT2D eigenvalue weighted by Gasteiger charge is 2.19. The normalized spacial score (nSPS) is 12.3. The van der Waals surface area contributed by atoms with Crippen LogP contribution in [0.15, 0.2) is 18.2 Å². The molecule has 1 N–H and O–H groups in total. The van der Waals surface area contributed by atoms with Crippen LogP contribution in [0.2, 0.25) is 5.02 Å². The number of nitro groups is 1. The molecule has 1 unspecified atom stereocenters. The lowest BCUT2D eigenvalue weighted by Gasteiger charge is -2.21. The maximum Gasteiger partial charge on any atom is 0.269 e. The highest BCUT2D eigenvalue weighted by molar-refractivity contribution is 6.31. The Balaban J connectivity index is 2.78. The molecule has 0 saturated heterocycles. The Morgan fingerprint density at radius 2 is 2.10 bits per heavy atom. The Morgan fingerprint density at radius 1 is 1.48 bits per heavy atom. The molecule has 0 aromatic heterocycles. The molecule has 0 aliphatic rings. The zero-order valence-electron chi connectivity index (χ0n) is 12.2. The van der Waals surface area contributed by atoms with Crippen molar-refractivity contribution in [3.8, 4) is 0 Å². The second-order valence-electron chi connectivity index (χ2n) is 5.30. The van der Waals surface area contributed by atoms with Crippen LogP contribution in [0, 0.1) is 16.0 Å². The predicted octanol–water partition coefficient (Wildman–Crippen LogP) is 2.61. The highest BCUT2D eigenvalue weighted by atomic mass is 35.5. The number of carbonyl (C=O) groups is 1. The number of nitro benzene ring substituents is 1. The minimum atomic E-state index is -0.708. The first-order valence-corrected chi connectivity index (χ1v) is 6.95. The van der Waals surface area contributed by atoms with E-state index in [9.17, 15) is 20.0 Å². The molecule has 1 aromatic carbocycles. The van der Waals surface area contributed by atoms with E-state index in [1.807, 2.05) is 13.8 Å². The van der Waals surface area contributed by atoms with Gasteiger partial charge in [0.2, 0.25) is 5.91 Å². The second kappa shape index (κ2) is 7.38. The van der Waals surface area contributed by atoms with Gasteiger partial charge < -0.3 is 10.0 Å². The van der Waals surface area contributed by atoms with E-state index in [0.717, 1.165) is 0 Å². The van der Waals surface area contributed by atoms with E-state index in [0.29, 0.717) is 10.6 Å². The van der Waals surface area contributed by atoms with Crippen molar-refractivity contribution in [2.75, 3.05) is 7.05 Å². The Labute approximate surface area is 128 Å². The van der Waals surface area contributed by atoms with Crippen molar-refractivity contribution >= 4 is 23.2 Å². The molecule has 1 rings (SSSR count). The average Bonchev–Trinajstić information content (AvgIpc) is 2.40. The van der Waals surface area contributed by atoms with E-state index in [-0.39, 0.29) is 30.5 Å². The van der Waals surface area contributed by atoms with Gasteiger partial charge in [-0.05, 0) is 17.5 Å². The number of aliphatic hydroxyl groups is 1. The number of rotatable bonds is 6. The third-order valence-corrected chi connectivity index (χ3v) is 3.60. The van der Waals surface area contributed by atoms with Gasteiger partial charge in [-0.2, -0.15) is 0 Å². The number of carbonyl (C=O) groups excluding carboxylic acids is 1. The highest BCUT2D eigenvalue weighted by Crippen LogP contribution is 2.23. The summed E-state index contributed by atoms with van der Waals surface area (Å²) in [5.41, 5.74) is 0.429. The number of amides is 1. The smallest absolute Gasteiger partial charge is 0.269 e. The molecule has 0 fully saturated rings. The van der Waals surface area contributed by atoms with Crippen LogP contribution in [0.25, 0.3) is 0 Å². The SMILES string of the molecule is CC(C)C(O)CC(=O)N(C)Cc1cc([N+](=O)[O-])ccc1Cl. The Morgan fingerprint density at radius 3 is 2.62 bits per heavy atom. The summed E-state index contributed by atoms with van der Waals surface area (Å²) >= 11 is 6.00. The van der Waals surface area contributed by atoms with Crippen LogP contribution in [0.4, 0.5) is 5.69 Å². The largest absolute Gasteiger partial charge is 0.392 e. The van der Waals surface area contributed by atoms with Crippen molar-refractivity contribution in [1.82, 2.24) is 4.90 Å². The molecule has 0 bridgehead atoms. The summed E-state index contributed by atoms with van der Waals surface area (Å²) in [4.78, 5) is 23.6. The van der Waals surface area contributed by atoms with E-state index in [1.54, 1.807) is 7.05 Å². The van der Waals surface area contributed by atoms with Crippen LogP contribution in [-0.2, 0) is 11.3 Å². The summed E-state index contributed by atoms with van der Waals surface area (Å²) in [6.07, 6.45) is -0.693. The van der Waals surface area contributed by atoms with Gasteiger partial charge in [0.1, 0.15) is 0 Å². The molecule has 1 atom stereocenters. The van der Waals surface area contributed by atoms with Crippen LogP contribution in [0.3, 0.4) is 0 Å². The molecule has 6 nitrogen and oxygen atoms in total. The molecule has 21 heavy (non-hydrogen) atoms. The molecule has 0 spiro atoms. The Hall–Kier alpha value is -1.66. The first kappa shape index (κ1) is 17.4. The monoisotopic (exact) mass is 314 g/mol. The van der Waals surface area contributed by atoms with E-state index in [2.05, 4.69) is 0 Å². The fraction of sp³-hybridized carbons (Fsp3) is 0.500. The summed E-state index contributed by atoms with van der Waals surface area (Å²) in [6.45, 7) is 3.81. The van der Waals surface area contributed by atoms with Crippen LogP contribution < -0.4 is 0 Å². The van der Waals surface area contributed by atoms with Gasteiger partial charge in [-0.15, -0.1) is 0 Å². The van der Waals surface area contributed by atoms with Gasteiger partial charge in [-0.1, -0.05) is 25.4 Å². The number of non-ortho nitro benzene ring substituents is 1. The van der Waals surface area contributed by atoms with Crippen molar-refractivity contribution < 1.29 is 14.8 Å². The molecule has 0 aliphatic carbocycles. The molecule has 0 saturated carbocycles. The van der Waals surface area contributed by atoms with E-state index in [4.69, 9.17) is 11.6 Å². The standard InChI is InChI=1S/C14H19ClN2O4/c1-9(2)13(18)7-14(19)16(3)8-10-6-11(17(20)21)4-5-12(10)15/h4-6,9,13,18H,7-8H2,1-3H3. The molecule has 116 valence electrons. The molecule has 0 aliphatic heterocycles. The molecular weight excluding hydrogens is 296 g/mol.